The number of halogens is 1. The Balaban J connectivity index is 1.99. The number of nitrogens with zero attached hydrogens (tertiary/aromatic N) is 1. The van der Waals surface area contributed by atoms with Crippen molar-refractivity contribution >= 4 is 48.0 Å². The van der Waals surface area contributed by atoms with Crippen molar-refractivity contribution in [2.24, 2.45) is 0 Å². The van der Waals surface area contributed by atoms with Crippen molar-refractivity contribution in [1.29, 1.82) is 0 Å². The Labute approximate surface area is 148 Å². The predicted molar refractivity (Wildman–Crippen MR) is 98.8 cm³/mol. The first-order valence-electron chi connectivity index (χ1n) is 7.08. The molecule has 1 aromatic heterocycles. The molecule has 0 fully saturated rings. The average Bonchev–Trinajstić information content (AvgIpc) is 2.54. The van der Waals surface area contributed by atoms with Crippen molar-refractivity contribution in [2.45, 2.75) is 4.90 Å². The lowest BCUT2D eigenvalue weighted by atomic mass is 10.1. The summed E-state index contributed by atoms with van der Waals surface area (Å²) in [6, 6.07) is 12.4. The number of methoxy groups -OCH3 is 1. The topological polar surface area (TPSA) is 68.3 Å². The number of rotatable bonds is 4. The molecule has 0 amide bonds. The van der Waals surface area contributed by atoms with Gasteiger partial charge < -0.3 is 10.1 Å². The molecule has 0 unspecified atom stereocenters. The van der Waals surface area contributed by atoms with E-state index in [4.69, 9.17) is 4.74 Å². The maximum atomic E-state index is 11.5. The minimum atomic E-state index is -3.20. The normalized spacial score (nSPS) is 11.5. The van der Waals surface area contributed by atoms with E-state index in [-0.39, 0.29) is 4.90 Å². The predicted octanol–water partition coefficient (Wildman–Crippen LogP) is 4.15. The Morgan fingerprint density at radius 1 is 1.12 bits per heavy atom. The minimum Gasteiger partial charge on any atom is -0.496 e. The Kier molecular flexibility index (Phi) is 4.47. The quantitative estimate of drug-likeness (QED) is 0.704. The summed E-state index contributed by atoms with van der Waals surface area (Å²) < 4.78 is 29.2. The molecule has 24 heavy (non-hydrogen) atoms. The molecule has 0 spiro atoms. The molecular formula is C17H15BrN2O3S. The molecule has 0 saturated carbocycles. The van der Waals surface area contributed by atoms with E-state index in [1.165, 1.54) is 6.26 Å². The first-order valence-corrected chi connectivity index (χ1v) is 9.76. The van der Waals surface area contributed by atoms with Gasteiger partial charge in [-0.25, -0.2) is 13.4 Å². The van der Waals surface area contributed by atoms with Crippen LogP contribution in [0.4, 0.5) is 11.5 Å². The van der Waals surface area contributed by atoms with E-state index in [1.54, 1.807) is 37.6 Å². The van der Waals surface area contributed by atoms with Gasteiger partial charge in [0.25, 0.3) is 0 Å². The fourth-order valence-corrected chi connectivity index (χ4v) is 3.49. The monoisotopic (exact) mass is 406 g/mol. The Hall–Kier alpha value is -2.12. The van der Waals surface area contributed by atoms with Gasteiger partial charge >= 0.3 is 0 Å². The lowest BCUT2D eigenvalue weighted by Gasteiger charge is -2.11. The van der Waals surface area contributed by atoms with E-state index >= 15 is 0 Å². The van der Waals surface area contributed by atoms with E-state index in [0.717, 1.165) is 26.7 Å². The molecule has 124 valence electrons. The number of benzene rings is 2. The fourth-order valence-electron chi connectivity index (χ4n) is 2.35. The van der Waals surface area contributed by atoms with Crippen LogP contribution in [0.1, 0.15) is 0 Å². The smallest absolute Gasteiger partial charge is 0.175 e. The Morgan fingerprint density at radius 3 is 2.46 bits per heavy atom. The lowest BCUT2D eigenvalue weighted by Crippen LogP contribution is -1.98. The Morgan fingerprint density at radius 2 is 1.83 bits per heavy atom. The number of pyridine rings is 1. The summed E-state index contributed by atoms with van der Waals surface area (Å²) in [5.41, 5.74) is 0.759. The number of hydrogen-bond donors (Lipinski definition) is 1. The molecule has 1 heterocycles. The number of fused-ring (bicyclic) bond motifs is 1. The molecule has 3 aromatic rings. The van der Waals surface area contributed by atoms with Crippen molar-refractivity contribution < 1.29 is 13.2 Å². The second kappa shape index (κ2) is 6.41. The summed E-state index contributed by atoms with van der Waals surface area (Å²) in [5.74, 6) is 1.43. The highest BCUT2D eigenvalue weighted by Crippen LogP contribution is 2.33. The molecule has 7 heteroatoms. The second-order valence-electron chi connectivity index (χ2n) is 5.29. The molecule has 0 atom stereocenters. The molecule has 2 aromatic carbocycles. The number of sulfone groups is 1. The van der Waals surface area contributed by atoms with Gasteiger partial charge in [-0.15, -0.1) is 0 Å². The van der Waals surface area contributed by atoms with Crippen molar-refractivity contribution in [3.05, 3.63) is 53.1 Å². The van der Waals surface area contributed by atoms with Crippen LogP contribution in [0.15, 0.2) is 58.0 Å². The summed E-state index contributed by atoms with van der Waals surface area (Å²) in [6.07, 6.45) is 2.90. The number of ether oxygens (including phenoxy) is 1. The zero-order chi connectivity index (χ0) is 17.3. The summed E-state index contributed by atoms with van der Waals surface area (Å²) in [6.45, 7) is 0. The van der Waals surface area contributed by atoms with Gasteiger partial charge in [-0.05, 0) is 63.8 Å². The molecular weight excluding hydrogens is 392 g/mol. The van der Waals surface area contributed by atoms with E-state index in [2.05, 4.69) is 26.2 Å². The van der Waals surface area contributed by atoms with Crippen LogP contribution < -0.4 is 10.1 Å². The van der Waals surface area contributed by atoms with Crippen LogP contribution in [-0.4, -0.2) is 26.8 Å². The number of anilines is 2. The van der Waals surface area contributed by atoms with Crippen LogP contribution >= 0.6 is 15.9 Å². The molecule has 3 rings (SSSR count). The summed E-state index contributed by atoms with van der Waals surface area (Å²) >= 11 is 3.48. The van der Waals surface area contributed by atoms with E-state index in [0.29, 0.717) is 5.82 Å². The molecule has 0 radical (unpaired) electrons. The highest BCUT2D eigenvalue weighted by Gasteiger charge is 2.09. The van der Waals surface area contributed by atoms with Crippen LogP contribution in [0.2, 0.25) is 0 Å². The highest BCUT2D eigenvalue weighted by atomic mass is 79.9. The third-order valence-corrected chi connectivity index (χ3v) is 5.33. The van der Waals surface area contributed by atoms with Crippen molar-refractivity contribution in [1.82, 2.24) is 4.98 Å². The number of aromatic nitrogens is 1. The number of hydrogen-bond acceptors (Lipinski definition) is 5. The zero-order valence-electron chi connectivity index (χ0n) is 13.1. The third-order valence-electron chi connectivity index (χ3n) is 3.58. The molecule has 0 aliphatic carbocycles. The van der Waals surface area contributed by atoms with Gasteiger partial charge in [0.1, 0.15) is 11.6 Å². The Bertz CT molecular complexity index is 1000. The molecule has 1 N–H and O–H groups in total. The van der Waals surface area contributed by atoms with E-state index in [1.807, 2.05) is 18.2 Å². The molecule has 0 bridgehead atoms. The average molecular weight is 407 g/mol. The summed E-state index contributed by atoms with van der Waals surface area (Å²) in [5, 5.41) is 5.14. The van der Waals surface area contributed by atoms with E-state index in [9.17, 15) is 8.42 Å². The van der Waals surface area contributed by atoms with Crippen molar-refractivity contribution in [3.63, 3.8) is 0 Å². The first-order chi connectivity index (χ1) is 11.4. The van der Waals surface area contributed by atoms with Crippen LogP contribution in [0.25, 0.3) is 10.8 Å². The number of nitrogens with one attached hydrogen (secondary N) is 1. The minimum absolute atomic E-state index is 0.284. The van der Waals surface area contributed by atoms with Crippen molar-refractivity contribution in [2.75, 3.05) is 18.7 Å². The van der Waals surface area contributed by atoms with Crippen LogP contribution in [-0.2, 0) is 9.84 Å². The van der Waals surface area contributed by atoms with Gasteiger partial charge in [0.2, 0.25) is 0 Å². The standard InChI is InChI=1S/C17H15BrN2O3S/c1-23-16-9-11-7-8-19-17(14(11)10-15(16)18)20-12-3-5-13(6-4-12)24(2,21)22/h3-10H,1-2H3,(H,19,20). The van der Waals surface area contributed by atoms with Crippen LogP contribution in [0.5, 0.6) is 5.75 Å². The fraction of sp³-hybridized carbons (Fsp3) is 0.118. The van der Waals surface area contributed by atoms with Gasteiger partial charge in [0.15, 0.2) is 9.84 Å². The zero-order valence-corrected chi connectivity index (χ0v) is 15.5. The van der Waals surface area contributed by atoms with Gasteiger partial charge in [-0.1, -0.05) is 0 Å². The highest BCUT2D eigenvalue weighted by molar-refractivity contribution is 9.10. The van der Waals surface area contributed by atoms with Gasteiger partial charge in [-0.3, -0.25) is 0 Å². The van der Waals surface area contributed by atoms with Crippen LogP contribution in [0.3, 0.4) is 0 Å². The first kappa shape index (κ1) is 16.7. The second-order valence-corrected chi connectivity index (χ2v) is 8.16. The third kappa shape index (κ3) is 3.37. The van der Waals surface area contributed by atoms with Crippen LogP contribution in [0, 0.1) is 0 Å². The van der Waals surface area contributed by atoms with E-state index < -0.39 is 9.84 Å². The van der Waals surface area contributed by atoms with Gasteiger partial charge in [0, 0.05) is 23.5 Å². The largest absolute Gasteiger partial charge is 0.496 e. The van der Waals surface area contributed by atoms with Gasteiger partial charge in [-0.2, -0.15) is 0 Å². The van der Waals surface area contributed by atoms with Crippen molar-refractivity contribution in [3.8, 4) is 5.75 Å². The lowest BCUT2D eigenvalue weighted by molar-refractivity contribution is 0.413. The summed E-state index contributed by atoms with van der Waals surface area (Å²) in [7, 11) is -1.58. The summed E-state index contributed by atoms with van der Waals surface area (Å²) in [4.78, 5) is 4.66. The molecule has 0 aliphatic rings. The maximum Gasteiger partial charge on any atom is 0.175 e. The van der Waals surface area contributed by atoms with Gasteiger partial charge in [0.05, 0.1) is 16.5 Å². The molecule has 5 nitrogen and oxygen atoms in total. The molecule has 0 saturated heterocycles. The molecule has 0 aliphatic heterocycles. The SMILES string of the molecule is COc1cc2ccnc(Nc3ccc(S(C)(=O)=O)cc3)c2cc1Br. The maximum absolute atomic E-state index is 11.5.